The molecule has 0 heterocycles. The average molecular weight is 394 g/mol. The zero-order valence-corrected chi connectivity index (χ0v) is 14.4. The van der Waals surface area contributed by atoms with E-state index in [9.17, 15) is 18.8 Å². The summed E-state index contributed by atoms with van der Waals surface area (Å²) in [5.41, 5.74) is 0.375. The van der Waals surface area contributed by atoms with E-state index < -0.39 is 14.7 Å². The minimum atomic E-state index is -3.93. The molecule has 23 heavy (non-hydrogen) atoms. The van der Waals surface area contributed by atoms with E-state index in [-0.39, 0.29) is 16.4 Å². The lowest BCUT2D eigenvalue weighted by molar-refractivity contribution is 0.373. The van der Waals surface area contributed by atoms with Crippen molar-refractivity contribution in [3.63, 3.8) is 0 Å². The Labute approximate surface area is 142 Å². The Morgan fingerprint density at radius 2 is 1.91 bits per heavy atom. The number of halogens is 1. The number of hydrogen-bond acceptors (Lipinski definition) is 5. The van der Waals surface area contributed by atoms with Gasteiger partial charge >= 0.3 is 0 Å². The van der Waals surface area contributed by atoms with E-state index in [2.05, 4.69) is 15.9 Å². The highest BCUT2D eigenvalue weighted by molar-refractivity contribution is 9.10. The van der Waals surface area contributed by atoms with Crippen LogP contribution in [-0.4, -0.2) is 20.6 Å². The summed E-state index contributed by atoms with van der Waals surface area (Å²) in [5, 5.41) is 19.0. The highest BCUT2D eigenvalue weighted by atomic mass is 79.9. The molecule has 0 fully saturated rings. The van der Waals surface area contributed by atoms with Crippen molar-refractivity contribution in [3.8, 4) is 17.6 Å². The minimum absolute atomic E-state index is 0.0197. The maximum atomic E-state index is 12.5. The van der Waals surface area contributed by atoms with Crippen molar-refractivity contribution in [2.45, 2.75) is 4.90 Å². The van der Waals surface area contributed by atoms with Crippen LogP contribution < -0.4 is 4.74 Å². The molecule has 0 bridgehead atoms. The maximum absolute atomic E-state index is 12.5. The molecule has 0 spiro atoms. The Hall–Kier alpha value is -2.30. The van der Waals surface area contributed by atoms with Gasteiger partial charge in [0, 0.05) is 4.47 Å². The summed E-state index contributed by atoms with van der Waals surface area (Å²) < 4.78 is 30.6. The number of phenols is 1. The Balaban J connectivity index is 2.48. The van der Waals surface area contributed by atoms with Gasteiger partial charge in [-0.3, -0.25) is 0 Å². The van der Waals surface area contributed by atoms with Crippen molar-refractivity contribution in [2.24, 2.45) is 0 Å². The molecule has 0 atom stereocenters. The zero-order valence-electron chi connectivity index (χ0n) is 12.0. The number of nitrogens with zero attached hydrogens (tertiary/aromatic N) is 1. The van der Waals surface area contributed by atoms with Gasteiger partial charge in [-0.05, 0) is 48.0 Å². The second-order valence-corrected chi connectivity index (χ2v) is 7.34. The SMILES string of the molecule is COc1ccc(C=C(C#N)S(=O)(=O)c2ccc(Br)cc2)cc1O. The predicted octanol–water partition coefficient (Wildman–Crippen LogP) is 3.50. The molecule has 7 heteroatoms. The van der Waals surface area contributed by atoms with Crippen LogP contribution in [0.25, 0.3) is 6.08 Å². The molecule has 0 unspecified atom stereocenters. The van der Waals surface area contributed by atoms with E-state index in [4.69, 9.17) is 4.74 Å². The average Bonchev–Trinajstić information content (AvgIpc) is 2.53. The van der Waals surface area contributed by atoms with Crippen molar-refractivity contribution in [1.82, 2.24) is 0 Å². The number of nitriles is 1. The first kappa shape index (κ1) is 17.1. The summed E-state index contributed by atoms with van der Waals surface area (Å²) in [7, 11) is -2.52. The van der Waals surface area contributed by atoms with Gasteiger partial charge in [0.1, 0.15) is 11.0 Å². The summed E-state index contributed by atoms with van der Waals surface area (Å²) in [5.74, 6) is 0.121. The summed E-state index contributed by atoms with van der Waals surface area (Å²) in [6, 6.07) is 12.1. The molecule has 5 nitrogen and oxygen atoms in total. The van der Waals surface area contributed by atoms with Gasteiger partial charge < -0.3 is 9.84 Å². The third-order valence-electron chi connectivity index (χ3n) is 3.02. The first-order chi connectivity index (χ1) is 10.9. The van der Waals surface area contributed by atoms with Crippen LogP contribution in [-0.2, 0) is 9.84 Å². The molecule has 0 saturated heterocycles. The van der Waals surface area contributed by atoms with E-state index in [1.54, 1.807) is 24.3 Å². The molecule has 0 saturated carbocycles. The molecule has 0 aromatic heterocycles. The predicted molar refractivity (Wildman–Crippen MR) is 89.6 cm³/mol. The molecule has 0 aliphatic carbocycles. The topological polar surface area (TPSA) is 87.4 Å². The molecule has 0 aliphatic heterocycles. The van der Waals surface area contributed by atoms with Crippen LogP contribution >= 0.6 is 15.9 Å². The first-order valence-corrected chi connectivity index (χ1v) is 8.65. The molecular weight excluding hydrogens is 382 g/mol. The van der Waals surface area contributed by atoms with Gasteiger partial charge in [-0.15, -0.1) is 0 Å². The fourth-order valence-electron chi connectivity index (χ4n) is 1.86. The lowest BCUT2D eigenvalue weighted by Gasteiger charge is -2.05. The fourth-order valence-corrected chi connectivity index (χ4v) is 3.28. The maximum Gasteiger partial charge on any atom is 0.216 e. The number of aromatic hydroxyl groups is 1. The summed E-state index contributed by atoms with van der Waals surface area (Å²) in [4.78, 5) is -0.393. The Kier molecular flexibility index (Phi) is 5.08. The molecular formula is C16H12BrNO4S. The number of ether oxygens (including phenoxy) is 1. The van der Waals surface area contributed by atoms with Gasteiger partial charge in [0.05, 0.1) is 12.0 Å². The van der Waals surface area contributed by atoms with Crippen LogP contribution in [0.15, 0.2) is 56.7 Å². The van der Waals surface area contributed by atoms with Crippen LogP contribution in [0.2, 0.25) is 0 Å². The monoisotopic (exact) mass is 393 g/mol. The van der Waals surface area contributed by atoms with E-state index in [0.717, 1.165) is 4.47 Å². The Morgan fingerprint density at radius 3 is 2.43 bits per heavy atom. The van der Waals surface area contributed by atoms with Crippen LogP contribution in [0.1, 0.15) is 5.56 Å². The van der Waals surface area contributed by atoms with E-state index in [0.29, 0.717) is 5.56 Å². The van der Waals surface area contributed by atoms with Gasteiger partial charge in [0.25, 0.3) is 0 Å². The molecule has 2 aromatic rings. The Bertz CT molecular complexity index is 897. The number of hydrogen-bond donors (Lipinski definition) is 1. The van der Waals surface area contributed by atoms with Crippen molar-refractivity contribution < 1.29 is 18.3 Å². The normalized spacial score (nSPS) is 11.8. The van der Waals surface area contributed by atoms with Gasteiger partial charge in [-0.1, -0.05) is 22.0 Å². The van der Waals surface area contributed by atoms with E-state index in [1.807, 2.05) is 0 Å². The molecule has 0 radical (unpaired) electrons. The fraction of sp³-hybridized carbons (Fsp3) is 0.0625. The summed E-state index contributed by atoms with van der Waals surface area (Å²) >= 11 is 3.23. The van der Waals surface area contributed by atoms with Gasteiger partial charge in [-0.25, -0.2) is 8.42 Å². The van der Waals surface area contributed by atoms with Crippen LogP contribution in [0.3, 0.4) is 0 Å². The number of allylic oxidation sites excluding steroid dienone is 1. The number of sulfone groups is 1. The second-order valence-electron chi connectivity index (χ2n) is 4.51. The van der Waals surface area contributed by atoms with Crippen LogP contribution in [0.4, 0.5) is 0 Å². The summed E-state index contributed by atoms with van der Waals surface area (Å²) in [6.07, 6.45) is 1.20. The molecule has 2 rings (SSSR count). The van der Waals surface area contributed by atoms with Gasteiger partial charge in [-0.2, -0.15) is 5.26 Å². The number of rotatable bonds is 4. The molecule has 2 aromatic carbocycles. The highest BCUT2D eigenvalue weighted by Crippen LogP contribution is 2.28. The number of phenolic OH excluding ortho intramolecular Hbond substituents is 1. The van der Waals surface area contributed by atoms with Crippen LogP contribution in [0, 0.1) is 11.3 Å². The van der Waals surface area contributed by atoms with E-state index in [1.165, 1.54) is 37.5 Å². The molecule has 0 amide bonds. The Morgan fingerprint density at radius 1 is 1.26 bits per heavy atom. The number of benzene rings is 2. The minimum Gasteiger partial charge on any atom is -0.504 e. The van der Waals surface area contributed by atoms with Crippen molar-refractivity contribution in [3.05, 3.63) is 57.4 Å². The van der Waals surface area contributed by atoms with Crippen LogP contribution in [0.5, 0.6) is 11.5 Å². The van der Waals surface area contributed by atoms with Gasteiger partial charge in [0.2, 0.25) is 9.84 Å². The lowest BCUT2D eigenvalue weighted by Crippen LogP contribution is -2.03. The van der Waals surface area contributed by atoms with Crippen molar-refractivity contribution in [2.75, 3.05) is 7.11 Å². The highest BCUT2D eigenvalue weighted by Gasteiger charge is 2.20. The third-order valence-corrected chi connectivity index (χ3v) is 5.23. The van der Waals surface area contributed by atoms with E-state index >= 15 is 0 Å². The smallest absolute Gasteiger partial charge is 0.216 e. The summed E-state index contributed by atoms with van der Waals surface area (Å²) in [6.45, 7) is 0. The second kappa shape index (κ2) is 6.86. The molecule has 0 aliphatic rings. The molecule has 118 valence electrons. The van der Waals surface area contributed by atoms with Gasteiger partial charge in [0.15, 0.2) is 11.5 Å². The molecule has 1 N–H and O–H groups in total. The lowest BCUT2D eigenvalue weighted by atomic mass is 10.2. The zero-order chi connectivity index (χ0) is 17.0. The standard InChI is InChI=1S/C16H12BrNO4S/c1-22-16-7-2-11(9-15(16)19)8-14(10-18)23(20,21)13-5-3-12(17)4-6-13/h2-9,19H,1H3. The number of methoxy groups -OCH3 is 1. The quantitative estimate of drug-likeness (QED) is 0.802. The van der Waals surface area contributed by atoms with Crippen molar-refractivity contribution in [1.29, 1.82) is 5.26 Å². The third kappa shape index (κ3) is 3.73. The largest absolute Gasteiger partial charge is 0.504 e. The van der Waals surface area contributed by atoms with Crippen molar-refractivity contribution >= 4 is 31.8 Å². The first-order valence-electron chi connectivity index (χ1n) is 6.38.